The van der Waals surface area contributed by atoms with Crippen LogP contribution in [0.2, 0.25) is 0 Å². The number of rotatable bonds is 2. The lowest BCUT2D eigenvalue weighted by molar-refractivity contribution is 0.564. The quantitative estimate of drug-likeness (QED) is 0.156. The van der Waals surface area contributed by atoms with Gasteiger partial charge in [-0.2, -0.15) is 0 Å². The summed E-state index contributed by atoms with van der Waals surface area (Å²) in [6.07, 6.45) is 8.95. The number of fused-ring (bicyclic) bond motifs is 16. The Bertz CT molecular complexity index is 3410. The van der Waals surface area contributed by atoms with E-state index in [2.05, 4.69) is 182 Å². The van der Waals surface area contributed by atoms with E-state index in [9.17, 15) is 0 Å². The zero-order valence-electron chi connectivity index (χ0n) is 31.6. The second-order valence-electron chi connectivity index (χ2n) is 16.7. The van der Waals surface area contributed by atoms with Crippen molar-refractivity contribution in [2.45, 2.75) is 31.1 Å². The van der Waals surface area contributed by atoms with Crippen LogP contribution in [0, 0.1) is 0 Å². The minimum absolute atomic E-state index is 0.107. The third-order valence-electron chi connectivity index (χ3n) is 13.9. The van der Waals surface area contributed by atoms with Gasteiger partial charge in [-0.3, -0.25) is 0 Å². The molecule has 0 heterocycles. The van der Waals surface area contributed by atoms with Crippen LogP contribution in [0.4, 0.5) is 0 Å². The molecule has 266 valence electrons. The molecule has 10 aromatic rings. The largest absolute Gasteiger partial charge is 0.0836 e. The van der Waals surface area contributed by atoms with E-state index in [4.69, 9.17) is 0 Å². The van der Waals surface area contributed by atoms with Crippen LogP contribution >= 0.6 is 0 Å². The van der Waals surface area contributed by atoms with Gasteiger partial charge in [0, 0.05) is 5.41 Å². The summed E-state index contributed by atoms with van der Waals surface area (Å²) in [5, 5.41) is 13.3. The standard InChI is InChI=1S/C57H38/c1-3-13-41-35(11-1)23-26-47-43-15-5-7-17-45(43)51(31-53(41)47)37-21-22-39-33-57(34-40(39)29-37)55-20-10-9-19-49(55)50-28-25-38(30-56(50)57)52-32-54-42-14-4-2-12-36(42)24-27-48(54)44-16-6-8-18-46(44)52/h1-5,7-15,17-32H,6,16,33-34H2. The number of allylic oxidation sites excluding steroid dienone is 1. The lowest BCUT2D eigenvalue weighted by Gasteiger charge is -2.27. The molecule has 0 fully saturated rings. The zero-order valence-corrected chi connectivity index (χ0v) is 31.6. The van der Waals surface area contributed by atoms with Gasteiger partial charge < -0.3 is 0 Å². The molecule has 0 bridgehead atoms. The van der Waals surface area contributed by atoms with Crippen molar-refractivity contribution in [3.63, 3.8) is 0 Å². The Labute approximate surface area is 332 Å². The highest BCUT2D eigenvalue weighted by Gasteiger charge is 2.47. The van der Waals surface area contributed by atoms with Crippen LogP contribution in [0.25, 0.3) is 93.3 Å². The molecule has 13 rings (SSSR count). The summed E-state index contributed by atoms with van der Waals surface area (Å²) < 4.78 is 0. The van der Waals surface area contributed by atoms with Gasteiger partial charge in [0.25, 0.3) is 0 Å². The first kappa shape index (κ1) is 31.4. The van der Waals surface area contributed by atoms with E-state index >= 15 is 0 Å². The fraction of sp³-hybridized carbons (Fsp3) is 0.0877. The summed E-state index contributed by atoms with van der Waals surface area (Å²) in [5.74, 6) is 0. The summed E-state index contributed by atoms with van der Waals surface area (Å²) in [5.41, 5.74) is 16.8. The molecule has 0 N–H and O–H groups in total. The summed E-state index contributed by atoms with van der Waals surface area (Å²) in [6, 6.07) is 64.9. The second-order valence-corrected chi connectivity index (χ2v) is 16.7. The fourth-order valence-corrected chi connectivity index (χ4v) is 11.3. The van der Waals surface area contributed by atoms with Gasteiger partial charge in [-0.15, -0.1) is 0 Å². The van der Waals surface area contributed by atoms with Crippen molar-refractivity contribution in [3.8, 4) is 33.4 Å². The third-order valence-corrected chi connectivity index (χ3v) is 13.9. The summed E-state index contributed by atoms with van der Waals surface area (Å²) >= 11 is 0. The van der Waals surface area contributed by atoms with E-state index in [0.717, 1.165) is 25.7 Å². The molecule has 0 saturated carbocycles. The summed E-state index contributed by atoms with van der Waals surface area (Å²) in [4.78, 5) is 0. The van der Waals surface area contributed by atoms with Crippen molar-refractivity contribution in [1.29, 1.82) is 0 Å². The van der Waals surface area contributed by atoms with Gasteiger partial charge in [-0.25, -0.2) is 0 Å². The first-order chi connectivity index (χ1) is 28.2. The van der Waals surface area contributed by atoms with Crippen molar-refractivity contribution in [3.05, 3.63) is 209 Å². The van der Waals surface area contributed by atoms with Crippen LogP contribution in [0.5, 0.6) is 0 Å². The Morgan fingerprint density at radius 3 is 1.82 bits per heavy atom. The lowest BCUT2D eigenvalue weighted by atomic mass is 9.75. The lowest BCUT2D eigenvalue weighted by Crippen LogP contribution is -2.25. The van der Waals surface area contributed by atoms with Gasteiger partial charge in [-0.05, 0) is 165 Å². The van der Waals surface area contributed by atoms with E-state index in [1.807, 2.05) is 0 Å². The van der Waals surface area contributed by atoms with Gasteiger partial charge in [0.2, 0.25) is 0 Å². The Hall–Kier alpha value is -6.76. The molecule has 0 aliphatic heterocycles. The van der Waals surface area contributed by atoms with Crippen LogP contribution in [0.1, 0.15) is 39.8 Å². The maximum Gasteiger partial charge on any atom is 0.0296 e. The van der Waals surface area contributed by atoms with Crippen LogP contribution < -0.4 is 0 Å². The molecule has 57 heavy (non-hydrogen) atoms. The van der Waals surface area contributed by atoms with Crippen LogP contribution in [0.3, 0.4) is 0 Å². The zero-order chi connectivity index (χ0) is 37.2. The average molecular weight is 723 g/mol. The van der Waals surface area contributed by atoms with Crippen LogP contribution in [0.15, 0.2) is 176 Å². The molecule has 3 aliphatic rings. The normalized spacial score (nSPS) is 16.5. The summed E-state index contributed by atoms with van der Waals surface area (Å²) in [6.45, 7) is 0. The molecule has 0 nitrogen and oxygen atoms in total. The first-order valence-electron chi connectivity index (χ1n) is 20.6. The van der Waals surface area contributed by atoms with Gasteiger partial charge in [0.05, 0.1) is 0 Å². The highest BCUT2D eigenvalue weighted by Crippen LogP contribution is 2.57. The SMILES string of the molecule is C1=Cc2c(-c3ccc4c(c3)C3(Cc5ccc(-c6cc7c8ccccc8ccc7c7ccccc67)cc5C3)c3ccccc3-4)cc3c(ccc4ccccc43)c2CC1. The molecular weight excluding hydrogens is 685 g/mol. The van der Waals surface area contributed by atoms with Gasteiger partial charge in [0.1, 0.15) is 0 Å². The van der Waals surface area contributed by atoms with E-state index in [1.54, 1.807) is 0 Å². The fourth-order valence-electron chi connectivity index (χ4n) is 11.3. The first-order valence-corrected chi connectivity index (χ1v) is 20.6. The molecule has 3 aliphatic carbocycles. The number of benzene rings is 10. The van der Waals surface area contributed by atoms with Crippen molar-refractivity contribution in [1.82, 2.24) is 0 Å². The van der Waals surface area contributed by atoms with Crippen LogP contribution in [-0.2, 0) is 24.7 Å². The number of aryl methyl sites for hydroxylation is 1. The van der Waals surface area contributed by atoms with Crippen molar-refractivity contribution < 1.29 is 0 Å². The monoisotopic (exact) mass is 722 g/mol. The van der Waals surface area contributed by atoms with Gasteiger partial charge in [-0.1, -0.05) is 164 Å². The third kappa shape index (κ3) is 4.39. The molecule has 0 amide bonds. The molecule has 1 spiro atoms. The smallest absolute Gasteiger partial charge is 0.0296 e. The average Bonchev–Trinajstić information content (AvgIpc) is 3.79. The molecule has 1 unspecified atom stereocenters. The molecule has 10 aromatic carbocycles. The minimum atomic E-state index is -0.107. The Morgan fingerprint density at radius 2 is 0.982 bits per heavy atom. The molecule has 0 radical (unpaired) electrons. The maximum atomic E-state index is 2.58. The molecule has 0 aromatic heterocycles. The van der Waals surface area contributed by atoms with Crippen molar-refractivity contribution >= 4 is 59.9 Å². The Morgan fingerprint density at radius 1 is 0.368 bits per heavy atom. The molecule has 1 atom stereocenters. The van der Waals surface area contributed by atoms with E-state index < -0.39 is 0 Å². The predicted octanol–water partition coefficient (Wildman–Crippen LogP) is 14.8. The topological polar surface area (TPSA) is 0 Å². The molecule has 0 saturated heterocycles. The minimum Gasteiger partial charge on any atom is -0.0836 e. The highest BCUT2D eigenvalue weighted by atomic mass is 14.5. The maximum absolute atomic E-state index is 2.58. The van der Waals surface area contributed by atoms with Crippen molar-refractivity contribution in [2.24, 2.45) is 0 Å². The molecule has 0 heteroatoms. The van der Waals surface area contributed by atoms with E-state index in [0.29, 0.717) is 0 Å². The van der Waals surface area contributed by atoms with Gasteiger partial charge in [0.15, 0.2) is 0 Å². The van der Waals surface area contributed by atoms with E-state index in [1.165, 1.54) is 121 Å². The Kier molecular flexibility index (Phi) is 6.42. The van der Waals surface area contributed by atoms with E-state index in [-0.39, 0.29) is 5.41 Å². The van der Waals surface area contributed by atoms with Crippen LogP contribution in [-0.4, -0.2) is 0 Å². The molecular formula is C57H38. The van der Waals surface area contributed by atoms with Gasteiger partial charge >= 0.3 is 0 Å². The second kappa shape index (κ2) is 11.6. The number of hydrogen-bond donors (Lipinski definition) is 0. The van der Waals surface area contributed by atoms with Crippen molar-refractivity contribution in [2.75, 3.05) is 0 Å². The Balaban J connectivity index is 0.986. The number of hydrogen-bond acceptors (Lipinski definition) is 0. The predicted molar refractivity (Wildman–Crippen MR) is 242 cm³/mol. The summed E-state index contributed by atoms with van der Waals surface area (Å²) in [7, 11) is 0. The highest BCUT2D eigenvalue weighted by molar-refractivity contribution is 6.21.